The van der Waals surface area contributed by atoms with E-state index in [1.165, 1.54) is 12.8 Å². The van der Waals surface area contributed by atoms with E-state index < -0.39 is 0 Å². The zero-order valence-corrected chi connectivity index (χ0v) is 7.52. The lowest BCUT2D eigenvalue weighted by Gasteiger charge is -2.24. The second-order valence-electron chi connectivity index (χ2n) is 3.47. The van der Waals surface area contributed by atoms with Gasteiger partial charge in [0.25, 0.3) is 0 Å². The maximum atomic E-state index is 12.0. The van der Waals surface area contributed by atoms with Crippen molar-refractivity contribution in [2.45, 2.75) is 32.7 Å². The molecule has 1 nitrogen and oxygen atoms in total. The molecule has 0 amide bonds. The fourth-order valence-corrected chi connectivity index (χ4v) is 2.13. The molecule has 0 aromatic carbocycles. The van der Waals surface area contributed by atoms with E-state index in [0.717, 1.165) is 12.5 Å². The largest absolute Gasteiger partial charge is 0.298 e. The summed E-state index contributed by atoms with van der Waals surface area (Å²) in [6.07, 6.45) is 2.42. The van der Waals surface area contributed by atoms with E-state index in [1.807, 2.05) is 0 Å². The van der Waals surface area contributed by atoms with Crippen LogP contribution < -0.4 is 0 Å². The van der Waals surface area contributed by atoms with Gasteiger partial charge in [-0.05, 0) is 25.3 Å². The molecule has 1 saturated heterocycles. The molecule has 0 N–H and O–H groups in total. The SMILES string of the molecule is CCC1C(C)CCN1CCF. The van der Waals surface area contributed by atoms with Gasteiger partial charge in [-0.2, -0.15) is 0 Å². The third kappa shape index (κ3) is 1.92. The molecular formula is C9H18FN. The second kappa shape index (κ2) is 4.05. The number of nitrogens with zero attached hydrogens (tertiary/aromatic N) is 1. The van der Waals surface area contributed by atoms with Crippen LogP contribution in [0.4, 0.5) is 4.39 Å². The molecule has 0 aromatic rings. The molecule has 1 heterocycles. The highest BCUT2D eigenvalue weighted by Crippen LogP contribution is 2.25. The Morgan fingerprint density at radius 2 is 2.27 bits per heavy atom. The van der Waals surface area contributed by atoms with E-state index in [2.05, 4.69) is 18.7 Å². The van der Waals surface area contributed by atoms with Crippen molar-refractivity contribution in [1.29, 1.82) is 0 Å². The van der Waals surface area contributed by atoms with Crippen molar-refractivity contribution in [3.05, 3.63) is 0 Å². The van der Waals surface area contributed by atoms with Crippen LogP contribution in [-0.2, 0) is 0 Å². The van der Waals surface area contributed by atoms with E-state index in [1.54, 1.807) is 0 Å². The molecule has 2 heteroatoms. The Kier molecular flexibility index (Phi) is 3.31. The number of rotatable bonds is 3. The van der Waals surface area contributed by atoms with Gasteiger partial charge in [0, 0.05) is 12.6 Å². The topological polar surface area (TPSA) is 3.24 Å². The molecule has 11 heavy (non-hydrogen) atoms. The van der Waals surface area contributed by atoms with E-state index in [4.69, 9.17) is 0 Å². The third-order valence-electron chi connectivity index (χ3n) is 2.79. The summed E-state index contributed by atoms with van der Waals surface area (Å²) in [5.41, 5.74) is 0. The van der Waals surface area contributed by atoms with Crippen molar-refractivity contribution in [3.8, 4) is 0 Å². The van der Waals surface area contributed by atoms with Crippen molar-refractivity contribution in [2.75, 3.05) is 19.8 Å². The number of alkyl halides is 1. The van der Waals surface area contributed by atoms with Crippen molar-refractivity contribution in [3.63, 3.8) is 0 Å². The second-order valence-corrected chi connectivity index (χ2v) is 3.47. The maximum absolute atomic E-state index is 12.0. The zero-order valence-electron chi connectivity index (χ0n) is 7.52. The first-order valence-electron chi connectivity index (χ1n) is 4.59. The minimum atomic E-state index is -0.191. The first kappa shape index (κ1) is 8.98. The quantitative estimate of drug-likeness (QED) is 0.609. The number of hydrogen-bond donors (Lipinski definition) is 0. The highest BCUT2D eigenvalue weighted by molar-refractivity contribution is 4.83. The Balaban J connectivity index is 2.40. The summed E-state index contributed by atoms with van der Waals surface area (Å²) in [5.74, 6) is 0.770. The monoisotopic (exact) mass is 159 g/mol. The van der Waals surface area contributed by atoms with Gasteiger partial charge < -0.3 is 0 Å². The molecule has 1 aliphatic heterocycles. The maximum Gasteiger partial charge on any atom is 0.102 e. The van der Waals surface area contributed by atoms with Gasteiger partial charge in [0.2, 0.25) is 0 Å². The van der Waals surface area contributed by atoms with Gasteiger partial charge in [0.05, 0.1) is 0 Å². The molecule has 0 bridgehead atoms. The van der Waals surface area contributed by atoms with Crippen LogP contribution in [-0.4, -0.2) is 30.7 Å². The van der Waals surface area contributed by atoms with Gasteiger partial charge in [-0.3, -0.25) is 4.90 Å². The third-order valence-corrected chi connectivity index (χ3v) is 2.79. The average Bonchev–Trinajstić information content (AvgIpc) is 2.33. The lowest BCUT2D eigenvalue weighted by atomic mass is 10.0. The van der Waals surface area contributed by atoms with Crippen LogP contribution in [0.1, 0.15) is 26.7 Å². The van der Waals surface area contributed by atoms with E-state index >= 15 is 0 Å². The molecule has 2 unspecified atom stereocenters. The highest BCUT2D eigenvalue weighted by atomic mass is 19.1. The molecule has 1 fully saturated rings. The molecule has 0 radical (unpaired) electrons. The van der Waals surface area contributed by atoms with E-state index in [0.29, 0.717) is 12.6 Å². The fourth-order valence-electron chi connectivity index (χ4n) is 2.13. The van der Waals surface area contributed by atoms with Gasteiger partial charge in [0.1, 0.15) is 6.67 Å². The summed E-state index contributed by atoms with van der Waals surface area (Å²) in [5, 5.41) is 0. The molecule has 66 valence electrons. The normalized spacial score (nSPS) is 33.0. The van der Waals surface area contributed by atoms with Gasteiger partial charge >= 0.3 is 0 Å². The Morgan fingerprint density at radius 3 is 2.82 bits per heavy atom. The predicted octanol–water partition coefficient (Wildman–Crippen LogP) is 2.08. The standard InChI is InChI=1S/C9H18FN/c1-3-9-8(2)4-6-11(9)7-5-10/h8-9H,3-7H2,1-2H3. The van der Waals surface area contributed by atoms with Crippen LogP contribution in [0.2, 0.25) is 0 Å². The molecule has 1 aliphatic rings. The summed E-state index contributed by atoms with van der Waals surface area (Å²) in [7, 11) is 0. The number of halogens is 1. The smallest absolute Gasteiger partial charge is 0.102 e. The minimum Gasteiger partial charge on any atom is -0.298 e. The summed E-state index contributed by atoms with van der Waals surface area (Å²) < 4.78 is 12.0. The van der Waals surface area contributed by atoms with Gasteiger partial charge in [0.15, 0.2) is 0 Å². The first-order chi connectivity index (χ1) is 5.29. The molecule has 0 aromatic heterocycles. The molecule has 0 saturated carbocycles. The Labute approximate surface area is 68.6 Å². The van der Waals surface area contributed by atoms with Gasteiger partial charge in [-0.25, -0.2) is 4.39 Å². The average molecular weight is 159 g/mol. The van der Waals surface area contributed by atoms with Crippen LogP contribution in [0.25, 0.3) is 0 Å². The summed E-state index contributed by atoms with van der Waals surface area (Å²) in [6, 6.07) is 0.644. The van der Waals surface area contributed by atoms with Crippen molar-refractivity contribution < 1.29 is 4.39 Å². The number of hydrogen-bond acceptors (Lipinski definition) is 1. The molecule has 0 spiro atoms. The first-order valence-corrected chi connectivity index (χ1v) is 4.59. The van der Waals surface area contributed by atoms with E-state index in [-0.39, 0.29) is 6.67 Å². The molecule has 1 rings (SSSR count). The lowest BCUT2D eigenvalue weighted by Crippen LogP contribution is -2.33. The number of likely N-dealkylation sites (tertiary alicyclic amines) is 1. The Hall–Kier alpha value is -0.110. The summed E-state index contributed by atoms with van der Waals surface area (Å²) in [6.45, 7) is 6.01. The van der Waals surface area contributed by atoms with Crippen molar-refractivity contribution in [2.24, 2.45) is 5.92 Å². The molecule has 0 aliphatic carbocycles. The van der Waals surface area contributed by atoms with Crippen molar-refractivity contribution >= 4 is 0 Å². The zero-order chi connectivity index (χ0) is 8.27. The minimum absolute atomic E-state index is 0.191. The van der Waals surface area contributed by atoms with Gasteiger partial charge in [-0.1, -0.05) is 13.8 Å². The van der Waals surface area contributed by atoms with Crippen LogP contribution in [0.3, 0.4) is 0 Å². The van der Waals surface area contributed by atoms with Crippen LogP contribution in [0.5, 0.6) is 0 Å². The van der Waals surface area contributed by atoms with Crippen LogP contribution in [0.15, 0.2) is 0 Å². The van der Waals surface area contributed by atoms with Crippen molar-refractivity contribution in [1.82, 2.24) is 4.90 Å². The van der Waals surface area contributed by atoms with Crippen LogP contribution >= 0.6 is 0 Å². The van der Waals surface area contributed by atoms with Crippen LogP contribution in [0, 0.1) is 5.92 Å². The predicted molar refractivity (Wildman–Crippen MR) is 45.4 cm³/mol. The Bertz CT molecular complexity index is 114. The highest BCUT2D eigenvalue weighted by Gasteiger charge is 2.28. The Morgan fingerprint density at radius 1 is 1.55 bits per heavy atom. The summed E-state index contributed by atoms with van der Waals surface area (Å²) in [4.78, 5) is 2.28. The van der Waals surface area contributed by atoms with Gasteiger partial charge in [-0.15, -0.1) is 0 Å². The fraction of sp³-hybridized carbons (Fsp3) is 1.00. The molecule has 2 atom stereocenters. The summed E-state index contributed by atoms with van der Waals surface area (Å²) >= 11 is 0. The van der Waals surface area contributed by atoms with E-state index in [9.17, 15) is 4.39 Å². The lowest BCUT2D eigenvalue weighted by molar-refractivity contribution is 0.207. The molecular weight excluding hydrogens is 141 g/mol.